The summed E-state index contributed by atoms with van der Waals surface area (Å²) in [4.78, 5) is 30.6. The Hall–Kier alpha value is -3.13. The number of hydrogen-bond donors (Lipinski definition) is 1. The molecule has 3 aromatic rings. The molecule has 0 aliphatic carbocycles. The van der Waals surface area contributed by atoms with Crippen LogP contribution in [0.1, 0.15) is 10.5 Å². The third-order valence-corrected chi connectivity index (χ3v) is 3.73. The maximum Gasteiger partial charge on any atom is 0.276 e. The van der Waals surface area contributed by atoms with Gasteiger partial charge in [0.1, 0.15) is 5.69 Å². The van der Waals surface area contributed by atoms with Crippen molar-refractivity contribution in [3.63, 3.8) is 0 Å². The van der Waals surface area contributed by atoms with E-state index in [1.807, 2.05) is 0 Å². The van der Waals surface area contributed by atoms with Crippen molar-refractivity contribution in [2.75, 3.05) is 5.32 Å². The minimum Gasteiger partial charge on any atom is -0.296 e. The molecule has 1 amide bonds. The van der Waals surface area contributed by atoms with Crippen molar-refractivity contribution < 1.29 is 9.72 Å². The van der Waals surface area contributed by atoms with Crippen molar-refractivity contribution in [3.8, 4) is 11.3 Å². The predicted octanol–water partition coefficient (Wildman–Crippen LogP) is 3.37. The number of nitro benzene ring substituents is 1. The number of amides is 1. The molecule has 114 valence electrons. The second kappa shape index (κ2) is 6.32. The lowest BCUT2D eigenvalue weighted by Gasteiger charge is -2.00. The fraction of sp³-hybridized carbons (Fsp3) is 0. The maximum atomic E-state index is 12.0. The number of nitro groups is 1. The van der Waals surface area contributed by atoms with Gasteiger partial charge < -0.3 is 0 Å². The number of anilines is 1. The summed E-state index contributed by atoms with van der Waals surface area (Å²) in [6.07, 6.45) is 1.53. The van der Waals surface area contributed by atoms with Gasteiger partial charge in [0.25, 0.3) is 11.6 Å². The van der Waals surface area contributed by atoms with Crippen LogP contribution in [0.25, 0.3) is 11.3 Å². The van der Waals surface area contributed by atoms with Crippen LogP contribution in [0.3, 0.4) is 0 Å². The molecule has 0 spiro atoms. The zero-order valence-electron chi connectivity index (χ0n) is 11.7. The quantitative estimate of drug-likeness (QED) is 0.585. The zero-order valence-corrected chi connectivity index (χ0v) is 12.5. The van der Waals surface area contributed by atoms with E-state index in [-0.39, 0.29) is 11.6 Å². The van der Waals surface area contributed by atoms with E-state index in [2.05, 4.69) is 15.3 Å². The van der Waals surface area contributed by atoms with Gasteiger partial charge in [0, 0.05) is 29.3 Å². The van der Waals surface area contributed by atoms with Crippen molar-refractivity contribution in [2.24, 2.45) is 0 Å². The molecule has 2 heterocycles. The molecule has 3 rings (SSSR count). The minimum absolute atomic E-state index is 0.00503. The first-order chi connectivity index (χ1) is 11.1. The van der Waals surface area contributed by atoms with E-state index in [1.165, 1.54) is 29.7 Å². The summed E-state index contributed by atoms with van der Waals surface area (Å²) >= 11 is 1.24. The van der Waals surface area contributed by atoms with Crippen molar-refractivity contribution >= 4 is 28.1 Å². The Morgan fingerprint density at radius 1 is 1.22 bits per heavy atom. The van der Waals surface area contributed by atoms with Gasteiger partial charge in [0.2, 0.25) is 0 Å². The molecule has 0 radical (unpaired) electrons. The van der Waals surface area contributed by atoms with E-state index in [0.29, 0.717) is 22.1 Å². The second-order valence-electron chi connectivity index (χ2n) is 4.51. The SMILES string of the molecule is O=C(Nc1nc(-c2cccc([N+](=O)[O-])c2)cs1)c1ccccn1. The van der Waals surface area contributed by atoms with E-state index in [9.17, 15) is 14.9 Å². The molecular formula is C15H10N4O3S. The molecule has 7 nitrogen and oxygen atoms in total. The number of rotatable bonds is 4. The van der Waals surface area contributed by atoms with Crippen LogP contribution in [0.2, 0.25) is 0 Å². The summed E-state index contributed by atoms with van der Waals surface area (Å²) in [5, 5.41) is 15.6. The smallest absolute Gasteiger partial charge is 0.276 e. The van der Waals surface area contributed by atoms with Crippen molar-refractivity contribution in [1.29, 1.82) is 0 Å². The van der Waals surface area contributed by atoms with Crippen LogP contribution >= 0.6 is 11.3 Å². The Kier molecular flexibility index (Phi) is 4.07. The highest BCUT2D eigenvalue weighted by Crippen LogP contribution is 2.27. The number of carbonyl (C=O) groups excluding carboxylic acids is 1. The molecule has 23 heavy (non-hydrogen) atoms. The average molecular weight is 326 g/mol. The monoisotopic (exact) mass is 326 g/mol. The normalized spacial score (nSPS) is 10.3. The van der Waals surface area contributed by atoms with Crippen LogP contribution in [0.4, 0.5) is 10.8 Å². The van der Waals surface area contributed by atoms with Crippen LogP contribution in [-0.4, -0.2) is 20.8 Å². The van der Waals surface area contributed by atoms with Gasteiger partial charge >= 0.3 is 0 Å². The summed E-state index contributed by atoms with van der Waals surface area (Å²) in [6.45, 7) is 0. The lowest BCUT2D eigenvalue weighted by molar-refractivity contribution is -0.384. The summed E-state index contributed by atoms with van der Waals surface area (Å²) in [7, 11) is 0. The second-order valence-corrected chi connectivity index (χ2v) is 5.37. The lowest BCUT2D eigenvalue weighted by Crippen LogP contribution is -2.13. The number of aromatic nitrogens is 2. The Bertz CT molecular complexity index is 864. The van der Waals surface area contributed by atoms with Crippen LogP contribution in [0.15, 0.2) is 54.0 Å². The fourth-order valence-electron chi connectivity index (χ4n) is 1.90. The van der Waals surface area contributed by atoms with Gasteiger partial charge in [-0.15, -0.1) is 11.3 Å². The molecule has 0 aliphatic heterocycles. The van der Waals surface area contributed by atoms with Crippen LogP contribution in [-0.2, 0) is 0 Å². The Balaban J connectivity index is 1.80. The number of non-ortho nitro benzene ring substituents is 1. The standard InChI is InChI=1S/C15H10N4O3S/c20-14(12-6-1-2-7-16-12)18-15-17-13(9-23-15)10-4-3-5-11(8-10)19(21)22/h1-9H,(H,17,18,20). The van der Waals surface area contributed by atoms with E-state index in [0.717, 1.165) is 0 Å². The first-order valence-electron chi connectivity index (χ1n) is 6.56. The van der Waals surface area contributed by atoms with Gasteiger partial charge in [-0.1, -0.05) is 18.2 Å². The van der Waals surface area contributed by atoms with Crippen molar-refractivity contribution in [3.05, 3.63) is 69.8 Å². The number of thiazole rings is 1. The number of nitrogens with zero attached hydrogens (tertiary/aromatic N) is 3. The molecule has 0 fully saturated rings. The molecule has 0 bridgehead atoms. The lowest BCUT2D eigenvalue weighted by atomic mass is 10.1. The Labute approximate surface area is 134 Å². The largest absolute Gasteiger partial charge is 0.296 e. The van der Waals surface area contributed by atoms with Gasteiger partial charge in [-0.05, 0) is 12.1 Å². The van der Waals surface area contributed by atoms with Crippen molar-refractivity contribution in [2.45, 2.75) is 0 Å². The first kappa shape index (κ1) is 14.8. The number of pyridine rings is 1. The Morgan fingerprint density at radius 3 is 2.83 bits per heavy atom. The van der Waals surface area contributed by atoms with Gasteiger partial charge in [-0.3, -0.25) is 25.2 Å². The highest BCUT2D eigenvalue weighted by molar-refractivity contribution is 7.14. The number of hydrogen-bond acceptors (Lipinski definition) is 6. The molecule has 0 saturated heterocycles. The summed E-state index contributed by atoms with van der Waals surface area (Å²) in [5.74, 6) is -0.356. The molecule has 0 aliphatic rings. The highest BCUT2D eigenvalue weighted by atomic mass is 32.1. The summed E-state index contributed by atoms with van der Waals surface area (Å²) in [5.41, 5.74) is 1.47. The molecule has 0 unspecified atom stereocenters. The van der Waals surface area contributed by atoms with Gasteiger partial charge in [0.15, 0.2) is 5.13 Å². The summed E-state index contributed by atoms with van der Waals surface area (Å²) in [6, 6.07) is 11.2. The molecule has 2 aromatic heterocycles. The number of carbonyl (C=O) groups is 1. The zero-order chi connectivity index (χ0) is 16.2. The molecule has 0 atom stereocenters. The first-order valence-corrected chi connectivity index (χ1v) is 7.44. The highest BCUT2D eigenvalue weighted by Gasteiger charge is 2.12. The van der Waals surface area contributed by atoms with E-state index in [4.69, 9.17) is 0 Å². The maximum absolute atomic E-state index is 12.0. The average Bonchev–Trinajstić information content (AvgIpc) is 3.04. The molecule has 1 aromatic carbocycles. The third kappa shape index (κ3) is 3.38. The van der Waals surface area contributed by atoms with E-state index < -0.39 is 4.92 Å². The van der Waals surface area contributed by atoms with Crippen LogP contribution < -0.4 is 5.32 Å². The molecule has 0 saturated carbocycles. The molecule has 8 heteroatoms. The molecule has 1 N–H and O–H groups in total. The minimum atomic E-state index is -0.459. The molecular weight excluding hydrogens is 316 g/mol. The van der Waals surface area contributed by atoms with E-state index >= 15 is 0 Å². The summed E-state index contributed by atoms with van der Waals surface area (Å²) < 4.78 is 0. The predicted molar refractivity (Wildman–Crippen MR) is 86.4 cm³/mol. The fourth-order valence-corrected chi connectivity index (χ4v) is 2.62. The van der Waals surface area contributed by atoms with Crippen molar-refractivity contribution in [1.82, 2.24) is 9.97 Å². The third-order valence-electron chi connectivity index (χ3n) is 2.97. The van der Waals surface area contributed by atoms with Gasteiger partial charge in [0.05, 0.1) is 10.6 Å². The number of benzene rings is 1. The van der Waals surface area contributed by atoms with Crippen LogP contribution in [0.5, 0.6) is 0 Å². The Morgan fingerprint density at radius 2 is 2.09 bits per heavy atom. The number of nitrogens with one attached hydrogen (secondary N) is 1. The van der Waals surface area contributed by atoms with Gasteiger partial charge in [-0.25, -0.2) is 4.98 Å². The van der Waals surface area contributed by atoms with Gasteiger partial charge in [-0.2, -0.15) is 0 Å². The van der Waals surface area contributed by atoms with Crippen LogP contribution in [0, 0.1) is 10.1 Å². The van der Waals surface area contributed by atoms with E-state index in [1.54, 1.807) is 35.7 Å². The topological polar surface area (TPSA) is 98.0 Å².